The van der Waals surface area contributed by atoms with Crippen LogP contribution < -0.4 is 10.1 Å². The molecule has 0 radical (unpaired) electrons. The lowest BCUT2D eigenvalue weighted by Crippen LogP contribution is -2.28. The number of aliphatic hydroxyl groups is 1. The predicted molar refractivity (Wildman–Crippen MR) is 84.0 cm³/mol. The van der Waals surface area contributed by atoms with Crippen LogP contribution in [0.4, 0.5) is 8.78 Å². The second kappa shape index (κ2) is 6.80. The summed E-state index contributed by atoms with van der Waals surface area (Å²) in [4.78, 5) is 12.2. The van der Waals surface area contributed by atoms with Crippen LogP contribution in [0.2, 0.25) is 0 Å². The van der Waals surface area contributed by atoms with Gasteiger partial charge in [-0.25, -0.2) is 8.78 Å². The molecule has 4 nitrogen and oxygen atoms in total. The average Bonchev–Trinajstić information content (AvgIpc) is 2.60. The van der Waals surface area contributed by atoms with E-state index in [1.54, 1.807) is 6.08 Å². The molecule has 6 heteroatoms. The van der Waals surface area contributed by atoms with Crippen molar-refractivity contribution in [2.24, 2.45) is 0 Å². The van der Waals surface area contributed by atoms with Crippen LogP contribution in [0.25, 0.3) is 6.08 Å². The zero-order valence-electron chi connectivity index (χ0n) is 12.7. The van der Waals surface area contributed by atoms with Crippen LogP contribution in [-0.4, -0.2) is 17.6 Å². The van der Waals surface area contributed by atoms with E-state index in [0.29, 0.717) is 22.4 Å². The maximum absolute atomic E-state index is 13.3. The molecule has 0 fully saturated rings. The van der Waals surface area contributed by atoms with E-state index in [9.17, 15) is 13.6 Å². The van der Waals surface area contributed by atoms with Crippen molar-refractivity contribution in [2.75, 3.05) is 6.61 Å². The van der Waals surface area contributed by atoms with Crippen molar-refractivity contribution in [1.82, 2.24) is 5.32 Å². The first-order valence-electron chi connectivity index (χ1n) is 7.36. The Labute approximate surface area is 137 Å². The third-order valence-corrected chi connectivity index (χ3v) is 3.71. The molecule has 0 unspecified atom stereocenters. The van der Waals surface area contributed by atoms with E-state index in [0.717, 1.165) is 0 Å². The molecule has 2 aromatic carbocycles. The first-order valence-corrected chi connectivity index (χ1v) is 7.36. The third kappa shape index (κ3) is 3.44. The number of halogens is 2. The number of hydrogen-bond acceptors (Lipinski definition) is 3. The van der Waals surface area contributed by atoms with E-state index in [1.165, 1.54) is 36.4 Å². The molecule has 0 bridgehead atoms. The van der Waals surface area contributed by atoms with Crippen LogP contribution in [0.1, 0.15) is 16.7 Å². The van der Waals surface area contributed by atoms with Crippen LogP contribution in [0, 0.1) is 11.6 Å². The minimum absolute atomic E-state index is 0.0930. The highest BCUT2D eigenvalue weighted by molar-refractivity contribution is 5.99. The van der Waals surface area contributed by atoms with Gasteiger partial charge in [-0.15, -0.1) is 0 Å². The summed E-state index contributed by atoms with van der Waals surface area (Å²) in [7, 11) is 0. The molecule has 0 aliphatic carbocycles. The van der Waals surface area contributed by atoms with Gasteiger partial charge in [-0.05, 0) is 42.0 Å². The largest absolute Gasteiger partial charge is 0.488 e. The molecule has 1 amide bonds. The van der Waals surface area contributed by atoms with Gasteiger partial charge in [0.1, 0.15) is 24.0 Å². The van der Waals surface area contributed by atoms with Crippen LogP contribution >= 0.6 is 0 Å². The van der Waals surface area contributed by atoms with Crippen molar-refractivity contribution in [3.63, 3.8) is 0 Å². The van der Waals surface area contributed by atoms with Crippen LogP contribution in [-0.2, 0) is 17.9 Å². The van der Waals surface area contributed by atoms with Gasteiger partial charge < -0.3 is 15.2 Å². The van der Waals surface area contributed by atoms with E-state index in [4.69, 9.17) is 9.84 Å². The van der Waals surface area contributed by atoms with Gasteiger partial charge in [-0.2, -0.15) is 0 Å². The van der Waals surface area contributed by atoms with Crippen molar-refractivity contribution in [3.05, 3.63) is 70.3 Å². The standard InChI is InChI=1S/C18H15F2NO3/c19-15-2-4-17-12(7-15)6-14(10-24-17)18(23)21-8-11-1-3-16(20)13(5-11)9-22/h1-7,22H,8-10H2,(H,21,23). The number of carbonyl (C=O) groups is 1. The zero-order chi connectivity index (χ0) is 17.1. The molecule has 2 N–H and O–H groups in total. The number of nitrogens with one attached hydrogen (secondary N) is 1. The Morgan fingerprint density at radius 3 is 2.83 bits per heavy atom. The lowest BCUT2D eigenvalue weighted by atomic mass is 10.1. The van der Waals surface area contributed by atoms with Gasteiger partial charge in [0.05, 0.1) is 12.2 Å². The lowest BCUT2D eigenvalue weighted by Gasteiger charge is -2.17. The number of fused-ring (bicyclic) bond motifs is 1. The summed E-state index contributed by atoms with van der Waals surface area (Å²) < 4.78 is 32.0. The van der Waals surface area contributed by atoms with Crippen molar-refractivity contribution in [3.8, 4) is 5.75 Å². The van der Waals surface area contributed by atoms with E-state index >= 15 is 0 Å². The molecule has 3 rings (SSSR count). The lowest BCUT2D eigenvalue weighted by molar-refractivity contribution is -0.117. The molecule has 0 saturated carbocycles. The number of aliphatic hydroxyl groups excluding tert-OH is 1. The van der Waals surface area contributed by atoms with E-state index in [2.05, 4.69) is 5.32 Å². The van der Waals surface area contributed by atoms with Crippen molar-refractivity contribution in [1.29, 1.82) is 0 Å². The Hall–Kier alpha value is -2.73. The Kier molecular flexibility index (Phi) is 4.57. The fraction of sp³-hybridized carbons (Fsp3) is 0.167. The summed E-state index contributed by atoms with van der Waals surface area (Å²) in [5, 5.41) is 11.8. The quantitative estimate of drug-likeness (QED) is 0.905. The highest BCUT2D eigenvalue weighted by Gasteiger charge is 2.17. The molecular formula is C18H15F2NO3. The third-order valence-electron chi connectivity index (χ3n) is 3.71. The minimum atomic E-state index is -0.491. The van der Waals surface area contributed by atoms with Gasteiger partial charge in [0.15, 0.2) is 0 Å². The summed E-state index contributed by atoms with van der Waals surface area (Å²) in [5.41, 5.74) is 1.72. The Bertz CT molecular complexity index is 818. The molecule has 0 saturated heterocycles. The molecule has 0 spiro atoms. The maximum atomic E-state index is 13.3. The van der Waals surface area contributed by atoms with Crippen LogP contribution in [0.15, 0.2) is 42.0 Å². The normalized spacial score (nSPS) is 12.9. The van der Waals surface area contributed by atoms with Crippen molar-refractivity contribution < 1.29 is 23.4 Å². The van der Waals surface area contributed by atoms with E-state index in [-0.39, 0.29) is 24.6 Å². The number of rotatable bonds is 4. The second-order valence-corrected chi connectivity index (χ2v) is 5.41. The zero-order valence-corrected chi connectivity index (χ0v) is 12.7. The molecule has 1 heterocycles. The summed E-state index contributed by atoms with van der Waals surface area (Å²) in [6.07, 6.45) is 1.58. The highest BCUT2D eigenvalue weighted by atomic mass is 19.1. The molecular weight excluding hydrogens is 316 g/mol. The molecule has 2 aromatic rings. The van der Waals surface area contributed by atoms with Crippen LogP contribution in [0.5, 0.6) is 5.75 Å². The molecule has 124 valence electrons. The maximum Gasteiger partial charge on any atom is 0.250 e. The number of benzene rings is 2. The van der Waals surface area contributed by atoms with Crippen molar-refractivity contribution in [2.45, 2.75) is 13.2 Å². The first-order chi connectivity index (χ1) is 11.6. The van der Waals surface area contributed by atoms with Gasteiger partial charge in [-0.3, -0.25) is 4.79 Å². The predicted octanol–water partition coefficient (Wildman–Crippen LogP) is 2.55. The van der Waals surface area contributed by atoms with Gasteiger partial charge in [-0.1, -0.05) is 6.07 Å². The summed E-state index contributed by atoms with van der Waals surface area (Å²) in [5.74, 6) is -0.716. The Morgan fingerprint density at radius 2 is 2.04 bits per heavy atom. The van der Waals surface area contributed by atoms with Crippen molar-refractivity contribution >= 4 is 12.0 Å². The topological polar surface area (TPSA) is 58.6 Å². The van der Waals surface area contributed by atoms with E-state index < -0.39 is 18.2 Å². The average molecular weight is 331 g/mol. The van der Waals surface area contributed by atoms with Gasteiger partial charge in [0, 0.05) is 17.7 Å². The molecule has 1 aliphatic heterocycles. The number of hydrogen-bond donors (Lipinski definition) is 2. The fourth-order valence-electron chi connectivity index (χ4n) is 2.43. The molecule has 0 atom stereocenters. The summed E-state index contributed by atoms with van der Waals surface area (Å²) in [6, 6.07) is 8.39. The molecule has 0 aromatic heterocycles. The molecule has 1 aliphatic rings. The van der Waals surface area contributed by atoms with Crippen LogP contribution in [0.3, 0.4) is 0 Å². The minimum Gasteiger partial charge on any atom is -0.488 e. The smallest absolute Gasteiger partial charge is 0.250 e. The second-order valence-electron chi connectivity index (χ2n) is 5.41. The van der Waals surface area contributed by atoms with E-state index in [1.807, 2.05) is 0 Å². The number of ether oxygens (including phenoxy) is 1. The first kappa shape index (κ1) is 16.1. The number of carbonyl (C=O) groups excluding carboxylic acids is 1. The molecule has 24 heavy (non-hydrogen) atoms. The summed E-state index contributed by atoms with van der Waals surface area (Å²) >= 11 is 0. The monoisotopic (exact) mass is 331 g/mol. The SMILES string of the molecule is O=C(NCc1ccc(F)c(CO)c1)C1=Cc2cc(F)ccc2OC1. The fourth-order valence-corrected chi connectivity index (χ4v) is 2.43. The Balaban J connectivity index is 1.69. The van der Waals surface area contributed by atoms with Gasteiger partial charge >= 0.3 is 0 Å². The summed E-state index contributed by atoms with van der Waals surface area (Å²) in [6.45, 7) is -0.135. The van der Waals surface area contributed by atoms with Gasteiger partial charge in [0.25, 0.3) is 5.91 Å². The Morgan fingerprint density at radius 1 is 1.21 bits per heavy atom. The highest BCUT2D eigenvalue weighted by Crippen LogP contribution is 2.27. The number of amides is 1. The van der Waals surface area contributed by atoms with Gasteiger partial charge in [0.2, 0.25) is 0 Å².